The highest BCUT2D eigenvalue weighted by atomic mass is 28.3. The van der Waals surface area contributed by atoms with E-state index in [-0.39, 0.29) is 0 Å². The fourth-order valence-corrected chi connectivity index (χ4v) is 3.58. The molecule has 0 amide bonds. The standard InChI is InChI=1S/C6H18N2Si/c1-6-9(7(2)3)8(4)5/h9H,6H2,1-5H3. The van der Waals surface area contributed by atoms with E-state index in [1.807, 2.05) is 0 Å². The zero-order valence-electron chi connectivity index (χ0n) is 7.18. The summed E-state index contributed by atoms with van der Waals surface area (Å²) < 4.78 is 4.72. The Bertz CT molecular complexity index is 65.5. The molecule has 0 aromatic carbocycles. The fraction of sp³-hybridized carbons (Fsp3) is 1.00. The van der Waals surface area contributed by atoms with Crippen molar-refractivity contribution >= 4 is 9.12 Å². The van der Waals surface area contributed by atoms with Gasteiger partial charge in [0.15, 0.2) is 9.12 Å². The van der Waals surface area contributed by atoms with Crippen molar-refractivity contribution in [1.29, 1.82) is 0 Å². The van der Waals surface area contributed by atoms with Crippen molar-refractivity contribution in [2.24, 2.45) is 0 Å². The summed E-state index contributed by atoms with van der Waals surface area (Å²) in [6.45, 7) is 2.26. The molecule has 0 aliphatic rings. The first-order valence-electron chi connectivity index (χ1n) is 3.42. The van der Waals surface area contributed by atoms with Crippen molar-refractivity contribution in [3.63, 3.8) is 0 Å². The molecular weight excluding hydrogens is 128 g/mol. The zero-order chi connectivity index (χ0) is 7.44. The largest absolute Gasteiger partial charge is 0.320 e. The summed E-state index contributed by atoms with van der Waals surface area (Å²) in [6.07, 6.45) is 0. The number of nitrogens with zero attached hydrogens (tertiary/aromatic N) is 2. The second kappa shape index (κ2) is 4.03. The molecule has 0 bridgehead atoms. The smallest absolute Gasteiger partial charge is 0.188 e. The Morgan fingerprint density at radius 2 is 1.33 bits per heavy atom. The van der Waals surface area contributed by atoms with Crippen LogP contribution >= 0.6 is 0 Å². The lowest BCUT2D eigenvalue weighted by Crippen LogP contribution is -2.44. The molecule has 3 heteroatoms. The van der Waals surface area contributed by atoms with Gasteiger partial charge in [-0.15, -0.1) is 0 Å². The lowest BCUT2D eigenvalue weighted by molar-refractivity contribution is 0.515. The molecule has 0 heterocycles. The van der Waals surface area contributed by atoms with Crippen molar-refractivity contribution in [2.45, 2.75) is 13.0 Å². The average Bonchev–Trinajstić information content (AvgIpc) is 1.64. The molecule has 56 valence electrons. The molecular formula is C6H18N2Si. The molecule has 0 aliphatic heterocycles. The highest BCUT2D eigenvalue weighted by molar-refractivity contribution is 6.52. The molecule has 0 saturated heterocycles. The SMILES string of the molecule is CC[SiH](N(C)C)N(C)C. The third-order valence-electron chi connectivity index (χ3n) is 1.56. The first-order valence-corrected chi connectivity index (χ1v) is 5.27. The van der Waals surface area contributed by atoms with Gasteiger partial charge in [0.2, 0.25) is 0 Å². The van der Waals surface area contributed by atoms with Crippen LogP contribution in [0.2, 0.25) is 6.04 Å². The summed E-state index contributed by atoms with van der Waals surface area (Å²) in [6, 6.07) is 1.32. The molecule has 0 atom stereocenters. The molecule has 0 rings (SSSR count). The van der Waals surface area contributed by atoms with E-state index in [0.29, 0.717) is 0 Å². The molecule has 9 heavy (non-hydrogen) atoms. The zero-order valence-corrected chi connectivity index (χ0v) is 8.33. The van der Waals surface area contributed by atoms with Crippen LogP contribution in [0.25, 0.3) is 0 Å². The minimum atomic E-state index is -0.693. The molecule has 2 nitrogen and oxygen atoms in total. The van der Waals surface area contributed by atoms with E-state index < -0.39 is 9.12 Å². The molecule has 0 N–H and O–H groups in total. The van der Waals surface area contributed by atoms with Gasteiger partial charge in [-0.2, -0.15) is 0 Å². The Balaban J connectivity index is 3.68. The van der Waals surface area contributed by atoms with Crippen molar-refractivity contribution < 1.29 is 0 Å². The first kappa shape index (κ1) is 9.14. The predicted octanol–water partition coefficient (Wildman–Crippen LogP) is 0.350. The van der Waals surface area contributed by atoms with Crippen molar-refractivity contribution in [3.05, 3.63) is 0 Å². The van der Waals surface area contributed by atoms with E-state index in [2.05, 4.69) is 44.2 Å². The van der Waals surface area contributed by atoms with Gasteiger partial charge >= 0.3 is 0 Å². The summed E-state index contributed by atoms with van der Waals surface area (Å²) in [5.41, 5.74) is 0. The van der Waals surface area contributed by atoms with Gasteiger partial charge in [-0.05, 0) is 34.2 Å². The van der Waals surface area contributed by atoms with Crippen LogP contribution in [-0.4, -0.2) is 46.4 Å². The topological polar surface area (TPSA) is 6.48 Å². The summed E-state index contributed by atoms with van der Waals surface area (Å²) in [5, 5.41) is 0. The summed E-state index contributed by atoms with van der Waals surface area (Å²) in [4.78, 5) is 0. The summed E-state index contributed by atoms with van der Waals surface area (Å²) in [5.74, 6) is 0. The Kier molecular flexibility index (Phi) is 4.09. The van der Waals surface area contributed by atoms with Gasteiger partial charge in [0, 0.05) is 0 Å². The van der Waals surface area contributed by atoms with Gasteiger partial charge in [-0.3, -0.25) is 0 Å². The number of hydrogen-bond acceptors (Lipinski definition) is 2. The Morgan fingerprint density at radius 3 is 1.33 bits per heavy atom. The van der Waals surface area contributed by atoms with Crippen LogP contribution in [0.15, 0.2) is 0 Å². The van der Waals surface area contributed by atoms with Crippen LogP contribution < -0.4 is 0 Å². The highest BCUT2D eigenvalue weighted by Crippen LogP contribution is 1.96. The third kappa shape index (κ3) is 2.98. The first-order chi connectivity index (χ1) is 4.09. The molecule has 0 unspecified atom stereocenters. The molecule has 0 aromatic rings. The van der Waals surface area contributed by atoms with E-state index in [0.717, 1.165) is 0 Å². The van der Waals surface area contributed by atoms with Crippen molar-refractivity contribution in [3.8, 4) is 0 Å². The molecule has 0 aliphatic carbocycles. The Morgan fingerprint density at radius 1 is 1.00 bits per heavy atom. The number of rotatable bonds is 3. The van der Waals surface area contributed by atoms with Gasteiger partial charge in [0.1, 0.15) is 0 Å². The van der Waals surface area contributed by atoms with E-state index in [9.17, 15) is 0 Å². The molecule has 0 aromatic heterocycles. The van der Waals surface area contributed by atoms with Gasteiger partial charge in [-0.1, -0.05) is 6.92 Å². The van der Waals surface area contributed by atoms with Crippen molar-refractivity contribution in [1.82, 2.24) is 9.13 Å². The summed E-state index contributed by atoms with van der Waals surface area (Å²) in [7, 11) is 7.98. The Hall–Kier alpha value is 0.137. The van der Waals surface area contributed by atoms with E-state index in [4.69, 9.17) is 0 Å². The summed E-state index contributed by atoms with van der Waals surface area (Å²) >= 11 is 0. The number of hydrogen-bond donors (Lipinski definition) is 0. The quantitative estimate of drug-likeness (QED) is 0.530. The molecule has 0 saturated carbocycles. The minimum absolute atomic E-state index is 0.693. The maximum Gasteiger partial charge on any atom is 0.188 e. The maximum atomic E-state index is 2.36. The lowest BCUT2D eigenvalue weighted by atomic mass is 11.0. The van der Waals surface area contributed by atoms with Crippen LogP contribution in [0.4, 0.5) is 0 Å². The van der Waals surface area contributed by atoms with Crippen LogP contribution in [0.3, 0.4) is 0 Å². The maximum absolute atomic E-state index is 2.36. The van der Waals surface area contributed by atoms with Gasteiger partial charge in [0.25, 0.3) is 0 Å². The third-order valence-corrected chi connectivity index (χ3v) is 4.67. The fourth-order valence-electron chi connectivity index (χ4n) is 1.19. The minimum Gasteiger partial charge on any atom is -0.320 e. The van der Waals surface area contributed by atoms with Gasteiger partial charge < -0.3 is 9.13 Å². The molecule has 0 fully saturated rings. The van der Waals surface area contributed by atoms with E-state index in [1.165, 1.54) is 6.04 Å². The Labute approximate surface area is 60.2 Å². The average molecular weight is 146 g/mol. The highest BCUT2D eigenvalue weighted by Gasteiger charge is 2.12. The van der Waals surface area contributed by atoms with E-state index in [1.54, 1.807) is 0 Å². The van der Waals surface area contributed by atoms with Crippen molar-refractivity contribution in [2.75, 3.05) is 28.2 Å². The predicted molar refractivity (Wildman–Crippen MR) is 45.0 cm³/mol. The van der Waals surface area contributed by atoms with Gasteiger partial charge in [-0.25, -0.2) is 0 Å². The second-order valence-electron chi connectivity index (χ2n) is 2.82. The molecule has 0 radical (unpaired) electrons. The second-order valence-corrected chi connectivity index (χ2v) is 6.66. The monoisotopic (exact) mass is 146 g/mol. The normalized spacial score (nSPS) is 12.0. The van der Waals surface area contributed by atoms with Crippen LogP contribution in [0.5, 0.6) is 0 Å². The molecule has 0 spiro atoms. The van der Waals surface area contributed by atoms with Crippen LogP contribution in [0.1, 0.15) is 6.92 Å². The van der Waals surface area contributed by atoms with Crippen LogP contribution in [0, 0.1) is 0 Å². The van der Waals surface area contributed by atoms with Gasteiger partial charge in [0.05, 0.1) is 0 Å². The van der Waals surface area contributed by atoms with E-state index >= 15 is 0 Å². The van der Waals surface area contributed by atoms with Crippen LogP contribution in [-0.2, 0) is 0 Å². The lowest BCUT2D eigenvalue weighted by Gasteiger charge is -2.27.